The SMILES string of the molecule is CC(C)CCNc1nc(Nc2ccc(C(F)(F)F)cc2)nc(N2CCN(c3ncccc3C(F)(F)F)CC2C)n1. The summed E-state index contributed by atoms with van der Waals surface area (Å²) in [6.45, 7) is 7.38. The first kappa shape index (κ1) is 29.2. The Kier molecular flexibility index (Phi) is 8.54. The van der Waals surface area contributed by atoms with Crippen LogP contribution in [0.15, 0.2) is 42.6 Å². The van der Waals surface area contributed by atoms with Gasteiger partial charge in [-0.2, -0.15) is 41.3 Å². The lowest BCUT2D eigenvalue weighted by molar-refractivity contribution is -0.138. The van der Waals surface area contributed by atoms with Crippen LogP contribution >= 0.6 is 0 Å². The number of piperazine rings is 1. The number of hydrogen-bond acceptors (Lipinski definition) is 8. The van der Waals surface area contributed by atoms with Crippen LogP contribution in [0.5, 0.6) is 0 Å². The molecule has 2 aromatic heterocycles. The molecule has 1 aliphatic rings. The van der Waals surface area contributed by atoms with E-state index in [1.54, 1.807) is 4.90 Å². The highest BCUT2D eigenvalue weighted by atomic mass is 19.4. The number of benzene rings is 1. The van der Waals surface area contributed by atoms with Crippen molar-refractivity contribution in [3.63, 3.8) is 0 Å². The lowest BCUT2D eigenvalue weighted by Crippen LogP contribution is -2.53. The molecule has 3 heterocycles. The Morgan fingerprint density at radius 3 is 2.25 bits per heavy atom. The third kappa shape index (κ3) is 7.21. The standard InChI is InChI=1S/C26H30F6N8/c1-16(2)10-12-34-22-36-23(35-19-8-6-18(7-9-19)25(27,28)29)38-24(37-22)40-14-13-39(15-17(40)3)21-20(26(30,31)32)5-4-11-33-21/h4-9,11,16-17H,10,12-15H2,1-3H3,(H2,34,35,36,37,38). The largest absolute Gasteiger partial charge is 0.419 e. The minimum Gasteiger partial charge on any atom is -0.354 e. The second kappa shape index (κ2) is 11.7. The lowest BCUT2D eigenvalue weighted by atomic mass is 10.1. The molecule has 0 spiro atoms. The summed E-state index contributed by atoms with van der Waals surface area (Å²) in [5, 5.41) is 6.09. The van der Waals surface area contributed by atoms with Crippen LogP contribution in [-0.2, 0) is 12.4 Å². The van der Waals surface area contributed by atoms with E-state index in [9.17, 15) is 26.3 Å². The third-order valence-electron chi connectivity index (χ3n) is 6.37. The van der Waals surface area contributed by atoms with Crippen LogP contribution in [0.3, 0.4) is 0 Å². The average molecular weight is 569 g/mol. The van der Waals surface area contributed by atoms with Crippen LogP contribution in [0.1, 0.15) is 38.3 Å². The fourth-order valence-electron chi connectivity index (χ4n) is 4.29. The first-order chi connectivity index (χ1) is 18.8. The molecule has 1 saturated heterocycles. The molecule has 0 saturated carbocycles. The fourth-order valence-corrected chi connectivity index (χ4v) is 4.29. The van der Waals surface area contributed by atoms with Gasteiger partial charge in [0, 0.05) is 44.1 Å². The maximum atomic E-state index is 13.6. The molecule has 2 N–H and O–H groups in total. The molecule has 0 amide bonds. The fraction of sp³-hybridized carbons (Fsp3) is 0.462. The van der Waals surface area contributed by atoms with Crippen molar-refractivity contribution in [2.24, 2.45) is 5.92 Å². The molecular weight excluding hydrogens is 538 g/mol. The van der Waals surface area contributed by atoms with E-state index in [0.29, 0.717) is 30.6 Å². The van der Waals surface area contributed by atoms with Crippen molar-refractivity contribution < 1.29 is 26.3 Å². The maximum absolute atomic E-state index is 13.6. The van der Waals surface area contributed by atoms with Gasteiger partial charge >= 0.3 is 12.4 Å². The molecule has 0 radical (unpaired) electrons. The monoisotopic (exact) mass is 568 g/mol. The molecular formula is C26H30F6N8. The maximum Gasteiger partial charge on any atom is 0.419 e. The normalized spacial score (nSPS) is 16.4. The molecule has 14 heteroatoms. The highest BCUT2D eigenvalue weighted by molar-refractivity contribution is 5.57. The lowest BCUT2D eigenvalue weighted by Gasteiger charge is -2.41. The number of anilines is 5. The van der Waals surface area contributed by atoms with E-state index in [4.69, 9.17) is 0 Å². The summed E-state index contributed by atoms with van der Waals surface area (Å²) in [6.07, 6.45) is -6.81. The Balaban J connectivity index is 1.57. The zero-order valence-electron chi connectivity index (χ0n) is 22.2. The van der Waals surface area contributed by atoms with Gasteiger partial charge < -0.3 is 20.4 Å². The predicted molar refractivity (Wildman–Crippen MR) is 141 cm³/mol. The van der Waals surface area contributed by atoms with E-state index in [-0.39, 0.29) is 36.8 Å². The van der Waals surface area contributed by atoms with Crippen LogP contribution in [0, 0.1) is 5.92 Å². The second-order valence-corrected chi connectivity index (χ2v) is 9.95. The third-order valence-corrected chi connectivity index (χ3v) is 6.37. The number of halogens is 6. The Morgan fingerprint density at radius 1 is 0.925 bits per heavy atom. The van der Waals surface area contributed by atoms with Crippen molar-refractivity contribution in [1.82, 2.24) is 19.9 Å². The topological polar surface area (TPSA) is 82.1 Å². The number of aromatic nitrogens is 4. The zero-order valence-corrected chi connectivity index (χ0v) is 22.2. The van der Waals surface area contributed by atoms with Crippen molar-refractivity contribution in [3.8, 4) is 0 Å². The van der Waals surface area contributed by atoms with Crippen molar-refractivity contribution >= 4 is 29.4 Å². The first-order valence-corrected chi connectivity index (χ1v) is 12.8. The van der Waals surface area contributed by atoms with Gasteiger partial charge in [0.2, 0.25) is 17.8 Å². The summed E-state index contributed by atoms with van der Waals surface area (Å²) < 4.78 is 79.6. The number of nitrogens with zero attached hydrogens (tertiary/aromatic N) is 6. The number of nitrogens with one attached hydrogen (secondary N) is 2. The Labute approximate surface area is 227 Å². The Bertz CT molecular complexity index is 1280. The minimum atomic E-state index is -4.53. The van der Waals surface area contributed by atoms with E-state index in [0.717, 1.165) is 24.6 Å². The van der Waals surface area contributed by atoms with Gasteiger partial charge in [0.25, 0.3) is 0 Å². The molecule has 216 valence electrons. The van der Waals surface area contributed by atoms with Gasteiger partial charge in [-0.3, -0.25) is 0 Å². The number of alkyl halides is 6. The quantitative estimate of drug-likeness (QED) is 0.310. The van der Waals surface area contributed by atoms with Crippen molar-refractivity contribution in [1.29, 1.82) is 0 Å². The van der Waals surface area contributed by atoms with E-state index in [1.165, 1.54) is 24.4 Å². The summed E-state index contributed by atoms with van der Waals surface area (Å²) in [5.41, 5.74) is -1.22. The molecule has 1 atom stereocenters. The Hall–Kier alpha value is -3.84. The molecule has 0 bridgehead atoms. The predicted octanol–water partition coefficient (Wildman–Crippen LogP) is 6.22. The van der Waals surface area contributed by atoms with Crippen molar-refractivity contribution in [2.75, 3.05) is 46.6 Å². The van der Waals surface area contributed by atoms with Crippen LogP contribution in [-0.4, -0.2) is 52.2 Å². The van der Waals surface area contributed by atoms with Gasteiger partial charge in [0.05, 0.1) is 11.1 Å². The van der Waals surface area contributed by atoms with Crippen LogP contribution < -0.4 is 20.4 Å². The van der Waals surface area contributed by atoms with Crippen LogP contribution in [0.4, 0.5) is 55.7 Å². The van der Waals surface area contributed by atoms with Gasteiger partial charge in [-0.25, -0.2) is 4.98 Å². The smallest absolute Gasteiger partial charge is 0.354 e. The molecule has 1 unspecified atom stereocenters. The second-order valence-electron chi connectivity index (χ2n) is 9.95. The molecule has 1 aliphatic heterocycles. The Morgan fingerprint density at radius 2 is 1.62 bits per heavy atom. The summed E-state index contributed by atoms with van der Waals surface area (Å²) in [5.74, 6) is 0.993. The first-order valence-electron chi connectivity index (χ1n) is 12.8. The number of hydrogen-bond donors (Lipinski definition) is 2. The molecule has 0 aliphatic carbocycles. The average Bonchev–Trinajstić information content (AvgIpc) is 2.87. The summed E-state index contributed by atoms with van der Waals surface area (Å²) in [6, 6.07) is 6.47. The molecule has 3 aromatic rings. The van der Waals surface area contributed by atoms with Crippen molar-refractivity contribution in [3.05, 3.63) is 53.7 Å². The minimum absolute atomic E-state index is 0.121. The summed E-state index contributed by atoms with van der Waals surface area (Å²) >= 11 is 0. The number of pyridine rings is 1. The zero-order chi connectivity index (χ0) is 29.1. The van der Waals surface area contributed by atoms with Gasteiger partial charge in [-0.15, -0.1) is 0 Å². The van der Waals surface area contributed by atoms with E-state index >= 15 is 0 Å². The van der Waals surface area contributed by atoms with Gasteiger partial charge in [0.15, 0.2) is 0 Å². The number of rotatable bonds is 8. The van der Waals surface area contributed by atoms with Crippen LogP contribution in [0.25, 0.3) is 0 Å². The van der Waals surface area contributed by atoms with Crippen LogP contribution in [0.2, 0.25) is 0 Å². The van der Waals surface area contributed by atoms with Gasteiger partial charge in [-0.1, -0.05) is 13.8 Å². The molecule has 4 rings (SSSR count). The highest BCUT2D eigenvalue weighted by Gasteiger charge is 2.37. The van der Waals surface area contributed by atoms with E-state index in [2.05, 4.69) is 44.4 Å². The molecule has 40 heavy (non-hydrogen) atoms. The van der Waals surface area contributed by atoms with Crippen molar-refractivity contribution in [2.45, 2.75) is 45.6 Å². The molecule has 1 fully saturated rings. The highest BCUT2D eigenvalue weighted by Crippen LogP contribution is 2.36. The molecule has 1 aromatic carbocycles. The molecule has 8 nitrogen and oxygen atoms in total. The van der Waals surface area contributed by atoms with Gasteiger partial charge in [0.1, 0.15) is 5.82 Å². The van der Waals surface area contributed by atoms with Gasteiger partial charge in [-0.05, 0) is 55.7 Å². The van der Waals surface area contributed by atoms with E-state index in [1.807, 2.05) is 11.8 Å². The van der Waals surface area contributed by atoms with E-state index < -0.39 is 23.5 Å². The summed E-state index contributed by atoms with van der Waals surface area (Å²) in [4.78, 5) is 20.9. The summed E-state index contributed by atoms with van der Waals surface area (Å²) in [7, 11) is 0.